The van der Waals surface area contributed by atoms with Crippen molar-refractivity contribution in [2.75, 3.05) is 6.61 Å². The number of benzene rings is 3. The Morgan fingerprint density at radius 3 is 2.41 bits per heavy atom. The van der Waals surface area contributed by atoms with Gasteiger partial charge in [0.1, 0.15) is 34.5 Å². The van der Waals surface area contributed by atoms with Gasteiger partial charge in [-0.1, -0.05) is 54.2 Å². The number of esters is 1. The first-order valence-electron chi connectivity index (χ1n) is 11.5. The number of rotatable bonds is 7. The summed E-state index contributed by atoms with van der Waals surface area (Å²) in [6.07, 6.45) is 1.68. The van der Waals surface area contributed by atoms with Crippen molar-refractivity contribution in [3.8, 4) is 5.75 Å². The Bertz CT molecular complexity index is 1410. The van der Waals surface area contributed by atoms with Crippen molar-refractivity contribution in [2.45, 2.75) is 20.5 Å². The number of carbonyl (C=O) groups excluding carboxylic acids is 2. The van der Waals surface area contributed by atoms with E-state index in [0.29, 0.717) is 16.2 Å². The minimum Gasteiger partial charge on any atom is -0.506 e. The van der Waals surface area contributed by atoms with Gasteiger partial charge in [0.05, 0.1) is 11.5 Å². The summed E-state index contributed by atoms with van der Waals surface area (Å²) in [5.74, 6) is -1.25. The average Bonchev–Trinajstić information content (AvgIpc) is 3.19. The zero-order chi connectivity index (χ0) is 26.4. The Kier molecular flexibility index (Phi) is 8.20. The van der Waals surface area contributed by atoms with Gasteiger partial charge in [-0.25, -0.2) is 14.2 Å². The van der Waals surface area contributed by atoms with E-state index >= 15 is 0 Å². The average molecular weight is 518 g/mol. The van der Waals surface area contributed by atoms with Gasteiger partial charge >= 0.3 is 5.97 Å². The van der Waals surface area contributed by atoms with Crippen molar-refractivity contribution in [1.82, 2.24) is 0 Å². The highest BCUT2D eigenvalue weighted by atomic mass is 32.2. The number of aliphatic hydroxyl groups is 1. The van der Waals surface area contributed by atoms with Crippen LogP contribution in [0.2, 0.25) is 0 Å². The molecule has 1 aliphatic rings. The van der Waals surface area contributed by atoms with Crippen LogP contribution in [0.5, 0.6) is 5.75 Å². The summed E-state index contributed by atoms with van der Waals surface area (Å²) in [6.45, 7) is 3.85. The lowest BCUT2D eigenvalue weighted by molar-refractivity contribution is -0.138. The Hall–Kier alpha value is -4.17. The number of aryl methyl sites for hydroxylation is 1. The Labute approximate surface area is 218 Å². The maximum absolute atomic E-state index is 13.1. The van der Waals surface area contributed by atoms with Gasteiger partial charge < -0.3 is 14.6 Å². The van der Waals surface area contributed by atoms with Gasteiger partial charge in [-0.2, -0.15) is 0 Å². The molecular weight excluding hydrogens is 493 g/mol. The van der Waals surface area contributed by atoms with E-state index in [4.69, 9.17) is 9.47 Å². The largest absolute Gasteiger partial charge is 0.506 e. The second kappa shape index (κ2) is 11.7. The van der Waals surface area contributed by atoms with Crippen LogP contribution < -0.4 is 4.74 Å². The van der Waals surface area contributed by atoms with Crippen molar-refractivity contribution in [3.05, 3.63) is 117 Å². The highest BCUT2D eigenvalue weighted by Gasteiger charge is 2.34. The summed E-state index contributed by atoms with van der Waals surface area (Å²) in [5, 5.41) is 10.9. The molecule has 0 bridgehead atoms. The van der Waals surface area contributed by atoms with E-state index in [9.17, 15) is 19.1 Å². The molecule has 3 aromatic rings. The smallest absolute Gasteiger partial charge is 0.344 e. The number of carbonyl (C=O) groups is 2. The third-order valence-corrected chi connectivity index (χ3v) is 6.47. The molecule has 188 valence electrons. The summed E-state index contributed by atoms with van der Waals surface area (Å²) < 4.78 is 23.9. The summed E-state index contributed by atoms with van der Waals surface area (Å²) >= 11 is 1.02. The number of ether oxygens (including phenoxy) is 2. The fourth-order valence-corrected chi connectivity index (χ4v) is 4.53. The lowest BCUT2D eigenvalue weighted by Gasteiger charge is -2.07. The molecule has 0 atom stereocenters. The van der Waals surface area contributed by atoms with Gasteiger partial charge in [-0.3, -0.25) is 4.79 Å². The van der Waals surface area contributed by atoms with E-state index in [1.165, 1.54) is 12.1 Å². The zero-order valence-corrected chi connectivity index (χ0v) is 21.0. The van der Waals surface area contributed by atoms with Crippen LogP contribution in [-0.4, -0.2) is 28.6 Å². The van der Waals surface area contributed by atoms with E-state index in [2.05, 4.69) is 4.99 Å². The first-order valence-corrected chi connectivity index (χ1v) is 12.3. The van der Waals surface area contributed by atoms with Gasteiger partial charge in [0.15, 0.2) is 0 Å². The predicted molar refractivity (Wildman–Crippen MR) is 142 cm³/mol. The third kappa shape index (κ3) is 6.34. The van der Waals surface area contributed by atoms with Gasteiger partial charge in [-0.05, 0) is 66.9 Å². The molecule has 0 aliphatic carbocycles. The number of hydrogen-bond donors (Lipinski definition) is 1. The lowest BCUT2D eigenvalue weighted by atomic mass is 10.1. The molecule has 1 N–H and O–H groups in total. The van der Waals surface area contributed by atoms with Crippen LogP contribution in [0, 0.1) is 12.7 Å². The van der Waals surface area contributed by atoms with Crippen LogP contribution in [-0.2, 0) is 16.1 Å². The second-order valence-electron chi connectivity index (χ2n) is 8.08. The number of hydrogen-bond acceptors (Lipinski definition) is 6. The summed E-state index contributed by atoms with van der Waals surface area (Å²) in [7, 11) is 0. The van der Waals surface area contributed by atoms with E-state index in [-0.39, 0.29) is 35.4 Å². The number of aliphatic hydroxyl groups excluding tert-OH is 1. The minimum atomic E-state index is -0.753. The van der Waals surface area contributed by atoms with Crippen molar-refractivity contribution in [1.29, 1.82) is 0 Å². The Balaban J connectivity index is 1.55. The summed E-state index contributed by atoms with van der Waals surface area (Å²) in [6, 6.07) is 20.2. The van der Waals surface area contributed by atoms with Gasteiger partial charge in [0.25, 0.3) is 5.91 Å². The Morgan fingerprint density at radius 1 is 1.03 bits per heavy atom. The molecule has 3 aromatic carbocycles. The fraction of sp³-hybridized carbons (Fsp3) is 0.138. The van der Waals surface area contributed by atoms with Gasteiger partial charge in [-0.15, -0.1) is 0 Å². The molecule has 0 spiro atoms. The normalized spacial score (nSPS) is 15.3. The quantitative estimate of drug-likeness (QED) is 0.364. The van der Waals surface area contributed by atoms with Crippen LogP contribution in [0.4, 0.5) is 4.39 Å². The number of nitrogens with zero attached hydrogens (tertiary/aromatic N) is 1. The van der Waals surface area contributed by atoms with Gasteiger partial charge in [0, 0.05) is 5.56 Å². The van der Waals surface area contributed by atoms with Crippen LogP contribution >= 0.6 is 11.8 Å². The zero-order valence-electron chi connectivity index (χ0n) is 20.2. The molecule has 0 aromatic heterocycles. The van der Waals surface area contributed by atoms with Gasteiger partial charge in [0.2, 0.25) is 0 Å². The number of halogens is 1. The maximum Gasteiger partial charge on any atom is 0.344 e. The van der Waals surface area contributed by atoms with Crippen molar-refractivity contribution < 1.29 is 28.6 Å². The molecule has 37 heavy (non-hydrogen) atoms. The SMILES string of the molecule is CCOC(=O)C1=C(O)/C(=C/c2ccc(OCc3ccc(F)cc3)cc2)SC1=NC(=O)c1ccccc1C. The van der Waals surface area contributed by atoms with Crippen LogP contribution in [0.15, 0.2) is 94.0 Å². The van der Waals surface area contributed by atoms with Crippen molar-refractivity contribution in [2.24, 2.45) is 4.99 Å². The topological polar surface area (TPSA) is 85.2 Å². The molecule has 1 amide bonds. The van der Waals surface area contributed by atoms with Crippen LogP contribution in [0.25, 0.3) is 6.08 Å². The number of aliphatic imine (C=N–C) groups is 1. The predicted octanol–water partition coefficient (Wildman–Crippen LogP) is 6.41. The van der Waals surface area contributed by atoms with Crippen molar-refractivity contribution >= 4 is 34.8 Å². The standard InChI is InChI=1S/C29H24FNO5S/c1-3-35-29(34)25-26(32)24(37-28(25)31-27(33)23-7-5-4-6-18(23)2)16-19-10-14-22(15-11-19)36-17-20-8-12-21(30)13-9-20/h4-16,32H,3,17H2,1-2H3/b24-16-,31-28?. The summed E-state index contributed by atoms with van der Waals surface area (Å²) in [5.41, 5.74) is 2.59. The minimum absolute atomic E-state index is 0.0784. The van der Waals surface area contributed by atoms with E-state index in [1.54, 1.807) is 74.5 Å². The molecule has 1 aliphatic heterocycles. The molecule has 0 radical (unpaired) electrons. The van der Waals surface area contributed by atoms with E-state index in [0.717, 1.165) is 28.5 Å². The van der Waals surface area contributed by atoms with Crippen LogP contribution in [0.1, 0.15) is 34.0 Å². The monoisotopic (exact) mass is 517 g/mol. The molecule has 8 heteroatoms. The van der Waals surface area contributed by atoms with Crippen molar-refractivity contribution in [3.63, 3.8) is 0 Å². The first-order chi connectivity index (χ1) is 17.9. The molecule has 6 nitrogen and oxygen atoms in total. The maximum atomic E-state index is 13.1. The first kappa shape index (κ1) is 25.9. The Morgan fingerprint density at radius 2 is 1.73 bits per heavy atom. The molecule has 4 rings (SSSR count). The molecule has 0 fully saturated rings. The third-order valence-electron chi connectivity index (χ3n) is 5.45. The molecule has 0 saturated carbocycles. The van der Waals surface area contributed by atoms with E-state index in [1.807, 2.05) is 6.07 Å². The fourth-order valence-electron chi connectivity index (χ4n) is 3.52. The molecular formula is C29H24FNO5S. The highest BCUT2D eigenvalue weighted by molar-refractivity contribution is 8.18. The lowest BCUT2D eigenvalue weighted by Crippen LogP contribution is -2.14. The van der Waals surface area contributed by atoms with Crippen LogP contribution in [0.3, 0.4) is 0 Å². The number of amides is 1. The molecule has 0 saturated heterocycles. The molecule has 0 unspecified atom stereocenters. The number of thioether (sulfide) groups is 1. The molecule has 1 heterocycles. The van der Waals surface area contributed by atoms with E-state index < -0.39 is 11.9 Å². The highest BCUT2D eigenvalue weighted by Crippen LogP contribution is 2.39. The summed E-state index contributed by atoms with van der Waals surface area (Å²) in [4.78, 5) is 29.9. The second-order valence-corrected chi connectivity index (χ2v) is 9.11.